The lowest BCUT2D eigenvalue weighted by molar-refractivity contribution is 0.00706. The van der Waals surface area contributed by atoms with Gasteiger partial charge in [-0.2, -0.15) is 10.1 Å². The van der Waals surface area contributed by atoms with Gasteiger partial charge in [-0.05, 0) is 37.8 Å². The first-order valence-corrected chi connectivity index (χ1v) is 13.2. The van der Waals surface area contributed by atoms with Crippen molar-refractivity contribution < 1.29 is 24.1 Å². The molecule has 7 rings (SSSR count). The number of imidazole rings is 1. The molecule has 10 nitrogen and oxygen atoms in total. The molecule has 0 aliphatic carbocycles. The number of fused-ring (bicyclic) bond motifs is 3. The highest BCUT2D eigenvalue weighted by molar-refractivity contribution is 6.31. The smallest absolute Gasteiger partial charge is 0.296 e. The van der Waals surface area contributed by atoms with Crippen molar-refractivity contribution in [3.8, 4) is 6.01 Å². The molecular formula is C26H28ClN5O5. The first-order valence-electron chi connectivity index (χ1n) is 12.8. The van der Waals surface area contributed by atoms with Gasteiger partial charge in [0.25, 0.3) is 6.01 Å². The number of aromatic nitrogens is 5. The molecule has 6 heterocycles. The predicted octanol–water partition coefficient (Wildman–Crippen LogP) is 2.83. The number of para-hydroxylation sites is 1. The van der Waals surface area contributed by atoms with Gasteiger partial charge in [-0.15, -0.1) is 0 Å². The van der Waals surface area contributed by atoms with Crippen LogP contribution in [0.2, 0.25) is 5.02 Å². The second kappa shape index (κ2) is 9.52. The minimum atomic E-state index is -0.628. The van der Waals surface area contributed by atoms with E-state index in [0.29, 0.717) is 41.6 Å². The Morgan fingerprint density at radius 2 is 1.95 bits per heavy atom. The summed E-state index contributed by atoms with van der Waals surface area (Å²) in [7, 11) is 0. The Morgan fingerprint density at radius 1 is 1.08 bits per heavy atom. The number of aliphatic hydroxyl groups excluding tert-OH is 1. The van der Waals surface area contributed by atoms with E-state index >= 15 is 0 Å². The average molecular weight is 526 g/mol. The summed E-state index contributed by atoms with van der Waals surface area (Å²) in [5, 5.41) is 16.6. The number of aliphatic hydroxyl groups is 1. The largest absolute Gasteiger partial charge is 0.456 e. The zero-order chi connectivity index (χ0) is 24.9. The maximum absolute atomic E-state index is 9.95. The predicted molar refractivity (Wildman–Crippen MR) is 135 cm³/mol. The van der Waals surface area contributed by atoms with Crippen molar-refractivity contribution >= 4 is 33.7 Å². The van der Waals surface area contributed by atoms with Crippen LogP contribution in [0.3, 0.4) is 0 Å². The van der Waals surface area contributed by atoms with E-state index in [4.69, 9.17) is 40.6 Å². The van der Waals surface area contributed by atoms with E-state index in [9.17, 15) is 5.11 Å². The number of hydrogen-bond donors (Lipinski definition) is 2. The Bertz CT molecular complexity index is 1430. The number of H-pyrrole nitrogens is 1. The maximum atomic E-state index is 9.95. The second-order valence-corrected chi connectivity index (χ2v) is 10.3. The zero-order valence-electron chi connectivity index (χ0n) is 20.2. The summed E-state index contributed by atoms with van der Waals surface area (Å²) in [5.41, 5.74) is 4.13. The molecule has 3 aromatic heterocycles. The van der Waals surface area contributed by atoms with Gasteiger partial charge in [0, 0.05) is 12.0 Å². The summed E-state index contributed by atoms with van der Waals surface area (Å²) < 4.78 is 25.2. The van der Waals surface area contributed by atoms with Crippen molar-refractivity contribution in [3.05, 3.63) is 46.7 Å². The standard InChI is InChI=1S/C26H28ClN5O5/c27-16-10-19-25(30-26(29-19)37-22-13-36-23-21(33)12-35-24(22)23)28-18(16)8-7-17-15-5-1-2-6-20(15)32(31-17)11-14-4-3-9-34-14/h1-2,5-6,10,14,21-24,33H,3-4,7-9,11-13H2,(H,28,29,30)/t14?,21-,22-,23-,24-/m1/s1. The minimum Gasteiger partial charge on any atom is -0.456 e. The van der Waals surface area contributed by atoms with Crippen molar-refractivity contribution in [1.29, 1.82) is 0 Å². The van der Waals surface area contributed by atoms with Crippen LogP contribution >= 0.6 is 11.6 Å². The summed E-state index contributed by atoms with van der Waals surface area (Å²) in [6.45, 7) is 2.17. The zero-order valence-corrected chi connectivity index (χ0v) is 20.9. The van der Waals surface area contributed by atoms with Crippen molar-refractivity contribution in [2.75, 3.05) is 19.8 Å². The van der Waals surface area contributed by atoms with E-state index in [1.165, 1.54) is 0 Å². The van der Waals surface area contributed by atoms with E-state index in [1.54, 1.807) is 0 Å². The number of benzene rings is 1. The SMILES string of the molecule is O[C@@H]1CO[C@H]2[C@@H]1OC[C@H]2Oc1nc2nc(CCc3nn(CC4CCCO4)c4ccccc34)c(Cl)cc2[nH]1. The first kappa shape index (κ1) is 23.4. The molecule has 194 valence electrons. The number of ether oxygens (including phenoxy) is 4. The van der Waals surface area contributed by atoms with Gasteiger partial charge in [-0.3, -0.25) is 4.68 Å². The Morgan fingerprint density at radius 3 is 2.84 bits per heavy atom. The molecule has 3 aliphatic rings. The molecule has 0 saturated carbocycles. The van der Waals surface area contributed by atoms with Crippen LogP contribution in [0.25, 0.3) is 22.1 Å². The van der Waals surface area contributed by atoms with E-state index in [-0.39, 0.29) is 31.0 Å². The summed E-state index contributed by atoms with van der Waals surface area (Å²) in [6, 6.07) is 10.5. The lowest BCUT2D eigenvalue weighted by Crippen LogP contribution is -2.34. The number of aromatic amines is 1. The number of nitrogens with one attached hydrogen (secondary N) is 1. The summed E-state index contributed by atoms with van der Waals surface area (Å²) >= 11 is 6.61. The topological polar surface area (TPSA) is 117 Å². The van der Waals surface area contributed by atoms with Crippen molar-refractivity contribution in [2.45, 2.75) is 62.7 Å². The van der Waals surface area contributed by atoms with Crippen LogP contribution in [-0.4, -0.2) is 80.2 Å². The quantitative estimate of drug-likeness (QED) is 0.378. The molecular weight excluding hydrogens is 498 g/mol. The van der Waals surface area contributed by atoms with Gasteiger partial charge in [-0.25, -0.2) is 4.98 Å². The van der Waals surface area contributed by atoms with Gasteiger partial charge in [0.2, 0.25) is 0 Å². The van der Waals surface area contributed by atoms with Gasteiger partial charge in [-0.1, -0.05) is 29.8 Å². The van der Waals surface area contributed by atoms with E-state index in [1.807, 2.05) is 18.2 Å². The Hall–Kier alpha value is -2.76. The molecule has 4 aromatic rings. The third-order valence-electron chi connectivity index (χ3n) is 7.46. The third kappa shape index (κ3) is 4.36. The molecule has 2 N–H and O–H groups in total. The van der Waals surface area contributed by atoms with E-state index < -0.39 is 6.10 Å². The monoisotopic (exact) mass is 525 g/mol. The van der Waals surface area contributed by atoms with Gasteiger partial charge in [0.05, 0.1) is 53.3 Å². The Balaban J connectivity index is 1.09. The molecule has 3 aliphatic heterocycles. The van der Waals surface area contributed by atoms with Crippen molar-refractivity contribution in [3.63, 3.8) is 0 Å². The number of hydrogen-bond acceptors (Lipinski definition) is 8. The maximum Gasteiger partial charge on any atom is 0.296 e. The summed E-state index contributed by atoms with van der Waals surface area (Å²) in [6.07, 6.45) is 2.07. The van der Waals surface area contributed by atoms with Crippen LogP contribution in [0.15, 0.2) is 30.3 Å². The molecule has 1 aromatic carbocycles. The summed E-state index contributed by atoms with van der Waals surface area (Å²) in [5.74, 6) is 0. The number of rotatable bonds is 7. The van der Waals surface area contributed by atoms with Gasteiger partial charge in [0.15, 0.2) is 11.8 Å². The number of halogens is 1. The van der Waals surface area contributed by atoms with Crippen molar-refractivity contribution in [1.82, 2.24) is 24.7 Å². The van der Waals surface area contributed by atoms with E-state index in [2.05, 4.69) is 26.8 Å². The fraction of sp³-hybridized carbons (Fsp3) is 0.500. The fourth-order valence-electron chi connectivity index (χ4n) is 5.59. The van der Waals surface area contributed by atoms with Crippen LogP contribution < -0.4 is 4.74 Å². The van der Waals surface area contributed by atoms with Crippen molar-refractivity contribution in [2.24, 2.45) is 0 Å². The Kier molecular flexibility index (Phi) is 6.01. The van der Waals surface area contributed by atoms with Crippen LogP contribution in [0.1, 0.15) is 24.2 Å². The fourth-order valence-corrected chi connectivity index (χ4v) is 5.84. The Labute approximate surface area is 217 Å². The van der Waals surface area contributed by atoms with Gasteiger partial charge in [0.1, 0.15) is 18.3 Å². The summed E-state index contributed by atoms with van der Waals surface area (Å²) in [4.78, 5) is 12.4. The number of aryl methyl sites for hydroxylation is 2. The molecule has 3 saturated heterocycles. The molecule has 3 fully saturated rings. The second-order valence-electron chi connectivity index (χ2n) is 9.93. The van der Waals surface area contributed by atoms with E-state index in [0.717, 1.165) is 48.3 Å². The highest BCUT2D eigenvalue weighted by Gasteiger charge is 2.48. The molecule has 5 atom stereocenters. The van der Waals surface area contributed by atoms with Crippen LogP contribution in [-0.2, 0) is 33.6 Å². The molecule has 0 bridgehead atoms. The molecule has 11 heteroatoms. The van der Waals surface area contributed by atoms with Gasteiger partial charge < -0.3 is 29.0 Å². The van der Waals surface area contributed by atoms with Crippen LogP contribution in [0.5, 0.6) is 6.01 Å². The molecule has 1 unspecified atom stereocenters. The minimum absolute atomic E-state index is 0.220. The third-order valence-corrected chi connectivity index (χ3v) is 7.78. The lowest BCUT2D eigenvalue weighted by atomic mass is 10.1. The highest BCUT2D eigenvalue weighted by Crippen LogP contribution is 2.30. The number of pyridine rings is 1. The van der Waals surface area contributed by atoms with Crippen LogP contribution in [0.4, 0.5) is 0 Å². The first-order chi connectivity index (χ1) is 18.1. The lowest BCUT2D eigenvalue weighted by Gasteiger charge is -2.15. The molecule has 37 heavy (non-hydrogen) atoms. The molecule has 0 amide bonds. The average Bonchev–Trinajstić information content (AvgIpc) is 3.71. The van der Waals surface area contributed by atoms with Gasteiger partial charge >= 0.3 is 0 Å². The highest BCUT2D eigenvalue weighted by atomic mass is 35.5. The number of nitrogens with zero attached hydrogens (tertiary/aromatic N) is 4. The normalized spacial score (nSPS) is 27.5. The van der Waals surface area contributed by atoms with Crippen LogP contribution in [0, 0.1) is 0 Å². The molecule has 0 radical (unpaired) electrons. The molecule has 0 spiro atoms.